The third kappa shape index (κ3) is 5.11. The molecule has 1 heterocycles. The van der Waals surface area contributed by atoms with E-state index in [0.717, 1.165) is 22.8 Å². The van der Waals surface area contributed by atoms with Crippen LogP contribution in [0.4, 0.5) is 0 Å². The number of hydrogen-bond donors (Lipinski definition) is 0. The molecule has 0 bridgehead atoms. The van der Waals surface area contributed by atoms with Gasteiger partial charge >= 0.3 is 0 Å². The van der Waals surface area contributed by atoms with E-state index in [2.05, 4.69) is 16.7 Å². The number of amides is 1. The number of halogens is 1. The van der Waals surface area contributed by atoms with E-state index in [4.69, 9.17) is 16.3 Å². The van der Waals surface area contributed by atoms with Gasteiger partial charge in [-0.2, -0.15) is 0 Å². The molecule has 1 aromatic carbocycles. The Hall–Kier alpha value is -1.78. The number of hydrogen-bond acceptors (Lipinski definition) is 2. The van der Waals surface area contributed by atoms with Crippen LogP contribution in [0, 0.1) is 5.92 Å². The lowest BCUT2D eigenvalue weighted by Crippen LogP contribution is -2.36. The molecule has 0 aliphatic rings. The van der Waals surface area contributed by atoms with E-state index in [1.54, 1.807) is 7.11 Å². The first-order chi connectivity index (χ1) is 11.5. The first-order valence-electron chi connectivity index (χ1n) is 8.17. The maximum atomic E-state index is 12.4. The van der Waals surface area contributed by atoms with Crippen LogP contribution < -0.4 is 0 Å². The van der Waals surface area contributed by atoms with Crippen LogP contribution in [0.1, 0.15) is 25.1 Å². The summed E-state index contributed by atoms with van der Waals surface area (Å²) in [5, 5.41) is 0.734. The first kappa shape index (κ1) is 18.6. The Balaban J connectivity index is 2.13. The van der Waals surface area contributed by atoms with Crippen molar-refractivity contribution in [2.45, 2.75) is 26.9 Å². The Morgan fingerprint density at radius 3 is 2.75 bits per heavy atom. The summed E-state index contributed by atoms with van der Waals surface area (Å²) in [6.07, 6.45) is 2.03. The number of carbonyl (C=O) groups is 1. The number of carbonyl (C=O) groups excluding carboxylic acids is 1. The van der Waals surface area contributed by atoms with E-state index < -0.39 is 0 Å². The van der Waals surface area contributed by atoms with E-state index in [1.807, 2.05) is 49.2 Å². The molecule has 1 aromatic heterocycles. The van der Waals surface area contributed by atoms with Crippen molar-refractivity contribution < 1.29 is 9.53 Å². The Morgan fingerprint density at radius 2 is 2.08 bits per heavy atom. The fraction of sp³-hybridized carbons (Fsp3) is 0.421. The van der Waals surface area contributed by atoms with E-state index >= 15 is 0 Å². The molecule has 0 aliphatic heterocycles. The van der Waals surface area contributed by atoms with Gasteiger partial charge in [0.25, 0.3) is 0 Å². The molecule has 0 saturated heterocycles. The maximum absolute atomic E-state index is 12.4. The lowest BCUT2D eigenvalue weighted by molar-refractivity contribution is -0.135. The number of benzene rings is 1. The molecule has 2 aromatic rings. The summed E-state index contributed by atoms with van der Waals surface area (Å²) in [4.78, 5) is 14.3. The Kier molecular flexibility index (Phi) is 6.88. The molecule has 0 radical (unpaired) electrons. The molecular weight excluding hydrogens is 324 g/mol. The molecule has 0 aliphatic carbocycles. The topological polar surface area (TPSA) is 34.5 Å². The van der Waals surface area contributed by atoms with E-state index in [1.165, 1.54) is 0 Å². The van der Waals surface area contributed by atoms with Crippen LogP contribution in [0.3, 0.4) is 0 Å². The van der Waals surface area contributed by atoms with Crippen molar-refractivity contribution in [3.63, 3.8) is 0 Å². The Labute approximate surface area is 149 Å². The number of aromatic nitrogens is 1. The van der Waals surface area contributed by atoms with E-state index in [0.29, 0.717) is 19.7 Å². The Bertz CT molecular complexity index is 667. The number of ether oxygens (including phenoxy) is 1. The Morgan fingerprint density at radius 1 is 1.29 bits per heavy atom. The second-order valence-electron chi connectivity index (χ2n) is 6.16. The molecular formula is C19H25ClN2O2. The summed E-state index contributed by atoms with van der Waals surface area (Å²) in [5.74, 6) is 0.112. The van der Waals surface area contributed by atoms with Gasteiger partial charge in [-0.3, -0.25) is 4.79 Å². The zero-order chi connectivity index (χ0) is 17.5. The molecule has 4 nitrogen and oxygen atoms in total. The molecule has 0 atom stereocenters. The summed E-state index contributed by atoms with van der Waals surface area (Å²) in [6, 6.07) is 11.9. The molecule has 0 unspecified atom stereocenters. The molecule has 130 valence electrons. The summed E-state index contributed by atoms with van der Waals surface area (Å²) in [6.45, 7) is 6.29. The molecule has 2 rings (SSSR count). The van der Waals surface area contributed by atoms with Crippen molar-refractivity contribution in [1.29, 1.82) is 0 Å². The summed E-state index contributed by atoms with van der Waals surface area (Å²) in [5.41, 5.74) is 2.23. The third-order valence-electron chi connectivity index (χ3n) is 3.89. The van der Waals surface area contributed by atoms with Gasteiger partial charge < -0.3 is 14.2 Å². The zero-order valence-electron chi connectivity index (χ0n) is 14.5. The molecule has 0 fully saturated rings. The zero-order valence-corrected chi connectivity index (χ0v) is 15.3. The van der Waals surface area contributed by atoms with Crippen LogP contribution >= 0.6 is 11.6 Å². The second kappa shape index (κ2) is 8.90. The van der Waals surface area contributed by atoms with Crippen molar-refractivity contribution >= 4 is 17.5 Å². The fourth-order valence-corrected chi connectivity index (χ4v) is 2.82. The van der Waals surface area contributed by atoms with Crippen LogP contribution in [0.5, 0.6) is 0 Å². The molecule has 1 amide bonds. The average Bonchev–Trinajstić information content (AvgIpc) is 2.97. The molecule has 0 N–H and O–H groups in total. The van der Waals surface area contributed by atoms with Gasteiger partial charge in [-0.25, -0.2) is 0 Å². The smallest absolute Gasteiger partial charge is 0.225 e. The summed E-state index contributed by atoms with van der Waals surface area (Å²) < 4.78 is 7.30. The van der Waals surface area contributed by atoms with Crippen LogP contribution in [-0.4, -0.2) is 35.6 Å². The van der Waals surface area contributed by atoms with Crippen molar-refractivity contribution in [2.75, 3.05) is 20.3 Å². The molecule has 5 heteroatoms. The van der Waals surface area contributed by atoms with Crippen LogP contribution in [-0.2, 0) is 22.6 Å². The highest BCUT2D eigenvalue weighted by atomic mass is 35.5. The van der Waals surface area contributed by atoms with Crippen molar-refractivity contribution in [1.82, 2.24) is 9.47 Å². The highest BCUT2D eigenvalue weighted by Gasteiger charge is 2.18. The lowest BCUT2D eigenvalue weighted by Gasteiger charge is -2.25. The number of methoxy groups -OCH3 is 1. The van der Waals surface area contributed by atoms with Gasteiger partial charge in [0.2, 0.25) is 5.91 Å². The monoisotopic (exact) mass is 348 g/mol. The fourth-order valence-electron chi connectivity index (χ4n) is 2.61. The second-order valence-corrected chi connectivity index (χ2v) is 6.60. The van der Waals surface area contributed by atoms with Crippen molar-refractivity contribution in [3.05, 3.63) is 58.9 Å². The molecule has 0 spiro atoms. The average molecular weight is 349 g/mol. The molecule has 0 saturated carbocycles. The summed E-state index contributed by atoms with van der Waals surface area (Å²) in [7, 11) is 1.65. The van der Waals surface area contributed by atoms with Gasteiger partial charge in [0.1, 0.15) is 0 Å². The highest BCUT2D eigenvalue weighted by molar-refractivity contribution is 6.30. The van der Waals surface area contributed by atoms with Crippen molar-refractivity contribution in [3.8, 4) is 0 Å². The predicted octanol–water partition coefficient (Wildman–Crippen LogP) is 3.82. The first-order valence-corrected chi connectivity index (χ1v) is 8.55. The number of nitrogens with zero attached hydrogens (tertiary/aromatic N) is 2. The normalized spacial score (nSPS) is 11.0. The van der Waals surface area contributed by atoms with Crippen LogP contribution in [0.15, 0.2) is 42.6 Å². The maximum Gasteiger partial charge on any atom is 0.225 e. The van der Waals surface area contributed by atoms with Gasteiger partial charge in [-0.1, -0.05) is 37.6 Å². The van der Waals surface area contributed by atoms with Crippen molar-refractivity contribution in [2.24, 2.45) is 5.92 Å². The minimum Gasteiger partial charge on any atom is -0.383 e. The minimum atomic E-state index is -0.0294. The van der Waals surface area contributed by atoms with Crippen LogP contribution in [0.25, 0.3) is 0 Å². The van der Waals surface area contributed by atoms with E-state index in [-0.39, 0.29) is 11.8 Å². The van der Waals surface area contributed by atoms with E-state index in [9.17, 15) is 4.79 Å². The lowest BCUT2D eigenvalue weighted by atomic mass is 10.2. The third-order valence-corrected chi connectivity index (χ3v) is 4.12. The van der Waals surface area contributed by atoms with Gasteiger partial charge in [0.05, 0.1) is 13.2 Å². The molecule has 24 heavy (non-hydrogen) atoms. The number of rotatable bonds is 8. The largest absolute Gasteiger partial charge is 0.383 e. The minimum absolute atomic E-state index is 0.0294. The van der Waals surface area contributed by atoms with Crippen LogP contribution in [0.2, 0.25) is 5.02 Å². The van der Waals surface area contributed by atoms with Gasteiger partial charge in [0, 0.05) is 43.0 Å². The quantitative estimate of drug-likeness (QED) is 0.726. The summed E-state index contributed by atoms with van der Waals surface area (Å²) >= 11 is 6.07. The highest BCUT2D eigenvalue weighted by Crippen LogP contribution is 2.15. The standard InChI is InChI=1S/C19H25ClN2O2/c1-15(2)19(23)22(10-11-24-3)14-18-8-5-9-21(18)13-16-6-4-7-17(20)12-16/h4-9,12,15H,10-11,13-14H2,1-3H3. The predicted molar refractivity (Wildman–Crippen MR) is 97.1 cm³/mol. The SMILES string of the molecule is COCCN(Cc1cccn1Cc1cccc(Cl)c1)C(=O)C(C)C. The van der Waals surface area contributed by atoms with Gasteiger partial charge in [-0.15, -0.1) is 0 Å². The van der Waals surface area contributed by atoms with Gasteiger partial charge in [0.15, 0.2) is 0 Å². The van der Waals surface area contributed by atoms with Gasteiger partial charge in [-0.05, 0) is 29.8 Å².